The molecule has 0 aliphatic carbocycles. The minimum Gasteiger partial charge on any atom is -0.508 e. The van der Waals surface area contributed by atoms with E-state index < -0.39 is 0 Å². The second-order valence-corrected chi connectivity index (χ2v) is 2.75. The van der Waals surface area contributed by atoms with Crippen LogP contribution in [-0.2, 0) is 4.79 Å². The molecule has 0 atom stereocenters. The molecule has 1 aromatic rings. The molecule has 21 heavy (non-hydrogen) atoms. The quantitative estimate of drug-likeness (QED) is 0.678. The zero-order valence-electron chi connectivity index (χ0n) is 16.2. The van der Waals surface area contributed by atoms with Gasteiger partial charge in [0.1, 0.15) is 5.75 Å². The molecule has 0 fully saturated rings. The summed E-state index contributed by atoms with van der Waals surface area (Å²) in [4.78, 5) is 11.6. The number of hydrogen-bond donors (Lipinski definition) is 1. The van der Waals surface area contributed by atoms with Gasteiger partial charge in [-0.2, -0.15) is 0 Å². The van der Waals surface area contributed by atoms with Crippen LogP contribution in [0.3, 0.4) is 0 Å². The van der Waals surface area contributed by atoms with Crippen molar-refractivity contribution in [3.8, 4) is 5.75 Å². The fourth-order valence-corrected chi connectivity index (χ4v) is 0.428. The molecule has 0 saturated heterocycles. The van der Waals surface area contributed by atoms with Crippen molar-refractivity contribution in [3.05, 3.63) is 30.3 Å². The van der Waals surface area contributed by atoms with Gasteiger partial charge in [0.15, 0.2) is 0 Å². The van der Waals surface area contributed by atoms with Gasteiger partial charge in [0.2, 0.25) is 5.91 Å². The maximum Gasteiger partial charge on any atom is 0.218 e. The number of rotatable bonds is 0. The number of carbonyl (C=O) groups is 1. The van der Waals surface area contributed by atoms with Crippen LogP contribution in [0.4, 0.5) is 0 Å². The zero-order chi connectivity index (χ0) is 18.3. The van der Waals surface area contributed by atoms with E-state index in [9.17, 15) is 4.79 Å². The number of para-hydroxylation sites is 1. The van der Waals surface area contributed by atoms with Gasteiger partial charge in [0.05, 0.1) is 0 Å². The summed E-state index contributed by atoms with van der Waals surface area (Å²) in [5.41, 5.74) is 0. The molecule has 0 bridgehead atoms. The van der Waals surface area contributed by atoms with Gasteiger partial charge >= 0.3 is 0 Å². The zero-order valence-corrected chi connectivity index (χ0v) is 16.2. The smallest absolute Gasteiger partial charge is 0.218 e. The second-order valence-electron chi connectivity index (χ2n) is 2.75. The van der Waals surface area contributed by atoms with Crippen LogP contribution < -0.4 is 0 Å². The van der Waals surface area contributed by atoms with Crippen molar-refractivity contribution in [2.45, 2.75) is 62.3 Å². The van der Waals surface area contributed by atoms with Crippen LogP contribution in [0.15, 0.2) is 30.3 Å². The van der Waals surface area contributed by atoms with E-state index in [1.807, 2.05) is 61.5 Å². The normalized spacial score (nSPS) is 6.24. The molecule has 0 unspecified atom stereocenters. The van der Waals surface area contributed by atoms with Gasteiger partial charge < -0.3 is 10.0 Å². The van der Waals surface area contributed by atoms with E-state index in [1.54, 1.807) is 38.4 Å². The molecule has 0 aliphatic heterocycles. The van der Waals surface area contributed by atoms with Crippen LogP contribution in [0.5, 0.6) is 5.75 Å². The largest absolute Gasteiger partial charge is 0.508 e. The van der Waals surface area contributed by atoms with E-state index in [-0.39, 0.29) is 5.91 Å². The highest BCUT2D eigenvalue weighted by atomic mass is 16.3. The third-order valence-corrected chi connectivity index (χ3v) is 1.39. The summed E-state index contributed by atoms with van der Waals surface area (Å²) in [6.45, 7) is 17.5. The summed E-state index contributed by atoms with van der Waals surface area (Å²) in [5, 5.41) is 8.63. The van der Waals surface area contributed by atoms with Crippen molar-refractivity contribution in [1.29, 1.82) is 0 Å². The van der Waals surface area contributed by atoms with Crippen molar-refractivity contribution >= 4 is 5.91 Å². The molecule has 0 heterocycles. The van der Waals surface area contributed by atoms with Gasteiger partial charge in [-0.05, 0) is 12.1 Å². The van der Waals surface area contributed by atoms with Gasteiger partial charge in [0, 0.05) is 21.0 Å². The maximum atomic E-state index is 10.1. The fraction of sp³-hybridized carbons (Fsp3) is 0.611. The Labute approximate surface area is 134 Å². The third kappa shape index (κ3) is 45.7. The summed E-state index contributed by atoms with van der Waals surface area (Å²) >= 11 is 0. The lowest BCUT2D eigenvalue weighted by Crippen LogP contribution is -2.17. The van der Waals surface area contributed by atoms with Crippen LogP contribution in [-0.4, -0.2) is 30.0 Å². The lowest BCUT2D eigenvalue weighted by Gasteiger charge is -2.02. The number of nitrogens with zero attached hydrogens (tertiary/aromatic N) is 1. The van der Waals surface area contributed by atoms with Crippen LogP contribution in [0.1, 0.15) is 62.3 Å². The highest BCUT2D eigenvalue weighted by Gasteiger charge is 1.87. The molecule has 0 saturated carbocycles. The molecule has 3 heteroatoms. The summed E-state index contributed by atoms with van der Waals surface area (Å²) in [6, 6.07) is 8.71. The number of aromatic hydroxyl groups is 1. The van der Waals surface area contributed by atoms with E-state index >= 15 is 0 Å². The highest BCUT2D eigenvalue weighted by molar-refractivity contribution is 5.72. The van der Waals surface area contributed by atoms with Gasteiger partial charge in [0.25, 0.3) is 0 Å². The van der Waals surface area contributed by atoms with Crippen LogP contribution in [0.2, 0.25) is 0 Å². The van der Waals surface area contributed by atoms with Gasteiger partial charge in [-0.1, -0.05) is 73.6 Å². The third-order valence-electron chi connectivity index (χ3n) is 1.39. The summed E-state index contributed by atoms with van der Waals surface area (Å²) in [6.07, 6.45) is 0. The van der Waals surface area contributed by atoms with Crippen molar-refractivity contribution < 1.29 is 9.90 Å². The van der Waals surface area contributed by atoms with E-state index in [0.29, 0.717) is 5.75 Å². The first-order valence-corrected chi connectivity index (χ1v) is 7.96. The summed E-state index contributed by atoms with van der Waals surface area (Å²) < 4.78 is 0. The lowest BCUT2D eigenvalue weighted by molar-refractivity contribution is -0.126. The number of carbonyl (C=O) groups excluding carboxylic acids is 1. The SMILES string of the molecule is CC.CC.CC.CC.CC(=O)N(C)C.Oc1ccccc1. The Bertz CT molecular complexity index is 247. The predicted octanol–water partition coefficient (Wildman–Crippen LogP) is 5.59. The predicted molar refractivity (Wildman–Crippen MR) is 97.9 cm³/mol. The van der Waals surface area contributed by atoms with E-state index in [0.717, 1.165) is 0 Å². The van der Waals surface area contributed by atoms with Crippen molar-refractivity contribution in [2.75, 3.05) is 14.1 Å². The molecule has 0 radical (unpaired) electrons. The van der Waals surface area contributed by atoms with Crippen LogP contribution in [0.25, 0.3) is 0 Å². The monoisotopic (exact) mass is 301 g/mol. The number of benzene rings is 1. The van der Waals surface area contributed by atoms with Gasteiger partial charge in [-0.3, -0.25) is 4.79 Å². The molecule has 1 amide bonds. The van der Waals surface area contributed by atoms with Gasteiger partial charge in [-0.25, -0.2) is 0 Å². The minimum atomic E-state index is 0.0926. The first kappa shape index (κ1) is 31.7. The molecular weight excluding hydrogens is 262 g/mol. The average Bonchev–Trinajstić information content (AvgIpc) is 2.56. The summed E-state index contributed by atoms with van der Waals surface area (Å²) in [7, 11) is 3.45. The Morgan fingerprint density at radius 2 is 1.05 bits per heavy atom. The molecular formula is C18H39NO2. The Kier molecular flexibility index (Phi) is 54.8. The van der Waals surface area contributed by atoms with E-state index in [4.69, 9.17) is 5.11 Å². The fourth-order valence-electron chi connectivity index (χ4n) is 0.428. The molecule has 1 aromatic carbocycles. The highest BCUT2D eigenvalue weighted by Crippen LogP contribution is 2.02. The topological polar surface area (TPSA) is 40.5 Å². The summed E-state index contributed by atoms with van der Waals surface area (Å²) in [5.74, 6) is 0.414. The van der Waals surface area contributed by atoms with Gasteiger partial charge in [-0.15, -0.1) is 0 Å². The molecule has 1 rings (SSSR count). The Hall–Kier alpha value is -1.51. The second kappa shape index (κ2) is 36.3. The number of phenolic OH excluding ortho intramolecular Hbond substituents is 1. The molecule has 128 valence electrons. The van der Waals surface area contributed by atoms with E-state index in [1.165, 1.54) is 11.8 Å². The Morgan fingerprint density at radius 3 is 1.14 bits per heavy atom. The average molecular weight is 302 g/mol. The van der Waals surface area contributed by atoms with Crippen LogP contribution in [0, 0.1) is 0 Å². The van der Waals surface area contributed by atoms with E-state index in [2.05, 4.69) is 0 Å². The molecule has 0 aromatic heterocycles. The van der Waals surface area contributed by atoms with Crippen molar-refractivity contribution in [3.63, 3.8) is 0 Å². The molecule has 1 N–H and O–H groups in total. The maximum absolute atomic E-state index is 10.1. The number of hydrogen-bond acceptors (Lipinski definition) is 2. The molecule has 3 nitrogen and oxygen atoms in total. The standard InChI is InChI=1S/C6H6O.C4H9NO.4C2H6/c7-6-4-2-1-3-5-6;1-4(6)5(2)3;4*1-2/h1-5,7H;1-3H3;4*1-2H3. The number of amides is 1. The van der Waals surface area contributed by atoms with Crippen molar-refractivity contribution in [1.82, 2.24) is 4.90 Å². The first-order chi connectivity index (χ1) is 10.0. The van der Waals surface area contributed by atoms with Crippen LogP contribution >= 0.6 is 0 Å². The molecule has 0 spiro atoms. The Morgan fingerprint density at radius 1 is 0.810 bits per heavy atom. The Balaban J connectivity index is -0.0000000557. The lowest BCUT2D eigenvalue weighted by atomic mass is 10.3. The first-order valence-electron chi connectivity index (χ1n) is 7.96. The van der Waals surface area contributed by atoms with Crippen molar-refractivity contribution in [2.24, 2.45) is 0 Å². The molecule has 0 aliphatic rings. The number of phenols is 1. The minimum absolute atomic E-state index is 0.0926.